The second kappa shape index (κ2) is 7.05. The summed E-state index contributed by atoms with van der Waals surface area (Å²) in [6, 6.07) is 12.2. The van der Waals surface area contributed by atoms with Crippen LogP contribution in [0, 0.1) is 6.92 Å². The van der Waals surface area contributed by atoms with Crippen LogP contribution in [0.15, 0.2) is 57.6 Å². The smallest absolute Gasteiger partial charge is 0.363 e. The molecule has 0 aromatic heterocycles. The van der Waals surface area contributed by atoms with Crippen molar-refractivity contribution >= 4 is 44.0 Å². The maximum atomic E-state index is 12.2. The summed E-state index contributed by atoms with van der Waals surface area (Å²) in [6.07, 6.45) is 2.38. The van der Waals surface area contributed by atoms with E-state index in [2.05, 4.69) is 20.9 Å². The highest BCUT2D eigenvalue weighted by Gasteiger charge is 2.25. The van der Waals surface area contributed by atoms with Gasteiger partial charge in [-0.15, -0.1) is 0 Å². The molecule has 0 saturated heterocycles. The Labute approximate surface area is 159 Å². The number of carbonyl (C=O) groups excluding carboxylic acids is 1. The molecule has 3 rings (SSSR count). The lowest BCUT2D eigenvalue weighted by Gasteiger charge is -2.07. The van der Waals surface area contributed by atoms with E-state index >= 15 is 0 Å². The van der Waals surface area contributed by atoms with Crippen LogP contribution in [0.4, 0.5) is 0 Å². The Hall–Kier alpha value is -2.45. The monoisotopic (exact) mass is 435 g/mol. The molecule has 0 radical (unpaired) electrons. The molecular weight excluding hydrogens is 422 g/mol. The van der Waals surface area contributed by atoms with Crippen molar-refractivity contribution in [2.24, 2.45) is 4.99 Å². The molecule has 0 fully saturated rings. The molecule has 0 aliphatic carbocycles. The van der Waals surface area contributed by atoms with Crippen molar-refractivity contribution in [3.8, 4) is 5.75 Å². The first-order valence-electron chi connectivity index (χ1n) is 7.50. The predicted molar refractivity (Wildman–Crippen MR) is 101 cm³/mol. The Bertz CT molecular complexity index is 1060. The van der Waals surface area contributed by atoms with Crippen LogP contribution in [0.5, 0.6) is 5.75 Å². The molecule has 0 N–H and O–H groups in total. The number of halogens is 1. The highest BCUT2D eigenvalue weighted by molar-refractivity contribution is 9.10. The summed E-state index contributed by atoms with van der Waals surface area (Å²) in [7, 11) is -3.71. The number of hydrogen-bond acceptors (Lipinski definition) is 6. The molecule has 134 valence electrons. The summed E-state index contributed by atoms with van der Waals surface area (Å²) >= 11 is 3.31. The molecule has 0 amide bonds. The Kier molecular flexibility index (Phi) is 4.97. The minimum Gasteiger partial charge on any atom is -0.402 e. The summed E-state index contributed by atoms with van der Waals surface area (Å²) in [5.74, 6) is -0.326. The van der Waals surface area contributed by atoms with E-state index in [1.54, 1.807) is 18.2 Å². The van der Waals surface area contributed by atoms with Gasteiger partial charge in [0.1, 0.15) is 5.75 Å². The summed E-state index contributed by atoms with van der Waals surface area (Å²) in [6.45, 7) is 1.92. The average molecular weight is 436 g/mol. The number of benzene rings is 2. The summed E-state index contributed by atoms with van der Waals surface area (Å²) in [4.78, 5) is 16.4. The Morgan fingerprint density at radius 1 is 1.19 bits per heavy atom. The minimum atomic E-state index is -3.71. The number of carbonyl (C=O) groups is 1. The first-order valence-corrected chi connectivity index (χ1v) is 10.1. The second-order valence-electron chi connectivity index (χ2n) is 5.68. The van der Waals surface area contributed by atoms with Gasteiger partial charge in [0.05, 0.1) is 6.26 Å². The number of nitrogens with zero attached hydrogens (tertiary/aromatic N) is 1. The lowest BCUT2D eigenvalue weighted by molar-refractivity contribution is -0.129. The van der Waals surface area contributed by atoms with Gasteiger partial charge in [-0.3, -0.25) is 0 Å². The minimum absolute atomic E-state index is 0.0537. The van der Waals surface area contributed by atoms with Gasteiger partial charge in [-0.05, 0) is 43.3 Å². The van der Waals surface area contributed by atoms with E-state index in [0.29, 0.717) is 15.6 Å². The van der Waals surface area contributed by atoms with Gasteiger partial charge in [0.15, 0.2) is 5.70 Å². The topological polar surface area (TPSA) is 82.0 Å². The van der Waals surface area contributed by atoms with Gasteiger partial charge >= 0.3 is 16.1 Å². The first kappa shape index (κ1) is 18.3. The van der Waals surface area contributed by atoms with Crippen molar-refractivity contribution in [3.63, 3.8) is 0 Å². The zero-order valence-electron chi connectivity index (χ0n) is 13.9. The standard InChI is InChI=1S/C18H14BrNO5S/c1-11-4-3-5-12(8-11)17-20-15(18(21)24-17)10-13-9-14(19)6-7-16(13)25-26(2,22)23/h3-10H,1-2H3/b15-10+. The van der Waals surface area contributed by atoms with Crippen molar-refractivity contribution in [1.29, 1.82) is 0 Å². The summed E-state index contributed by atoms with van der Waals surface area (Å²) in [5.41, 5.74) is 2.13. The molecule has 26 heavy (non-hydrogen) atoms. The van der Waals surface area contributed by atoms with Gasteiger partial charge in [-0.1, -0.05) is 33.6 Å². The van der Waals surface area contributed by atoms with Crippen LogP contribution in [-0.2, 0) is 19.6 Å². The lowest BCUT2D eigenvalue weighted by Crippen LogP contribution is -2.07. The van der Waals surface area contributed by atoms with E-state index < -0.39 is 16.1 Å². The van der Waals surface area contributed by atoms with E-state index in [4.69, 9.17) is 8.92 Å². The lowest BCUT2D eigenvalue weighted by atomic mass is 10.1. The van der Waals surface area contributed by atoms with Gasteiger partial charge in [-0.25, -0.2) is 9.79 Å². The van der Waals surface area contributed by atoms with Crippen LogP contribution in [0.3, 0.4) is 0 Å². The number of cyclic esters (lactones) is 1. The summed E-state index contributed by atoms with van der Waals surface area (Å²) < 4.78 is 33.8. The third kappa shape index (κ3) is 4.39. The van der Waals surface area contributed by atoms with E-state index in [9.17, 15) is 13.2 Å². The zero-order chi connectivity index (χ0) is 18.9. The van der Waals surface area contributed by atoms with Crippen LogP contribution in [-0.4, -0.2) is 26.5 Å². The number of aryl methyl sites for hydroxylation is 1. The maximum absolute atomic E-state index is 12.2. The van der Waals surface area contributed by atoms with Gasteiger partial charge in [0.25, 0.3) is 0 Å². The molecule has 0 spiro atoms. The fraction of sp³-hybridized carbons (Fsp3) is 0.111. The number of esters is 1. The van der Waals surface area contributed by atoms with Crippen molar-refractivity contribution in [3.05, 3.63) is 69.3 Å². The molecule has 0 atom stereocenters. The number of ether oxygens (including phenoxy) is 1. The van der Waals surface area contributed by atoms with Crippen molar-refractivity contribution in [2.45, 2.75) is 6.92 Å². The molecule has 2 aromatic carbocycles. The van der Waals surface area contributed by atoms with Crippen molar-refractivity contribution < 1.29 is 22.1 Å². The van der Waals surface area contributed by atoms with Crippen LogP contribution >= 0.6 is 15.9 Å². The molecule has 8 heteroatoms. The molecule has 6 nitrogen and oxygen atoms in total. The normalized spacial score (nSPS) is 15.7. The molecule has 0 bridgehead atoms. The second-order valence-corrected chi connectivity index (χ2v) is 8.17. The SMILES string of the molecule is Cc1cccc(C2=N/C(=C/c3cc(Br)ccc3OS(C)(=O)=O)C(=O)O2)c1. The number of aliphatic imine (C=N–C) groups is 1. The van der Waals surface area contributed by atoms with Crippen LogP contribution in [0.1, 0.15) is 16.7 Å². The highest BCUT2D eigenvalue weighted by Crippen LogP contribution is 2.28. The van der Waals surface area contributed by atoms with Gasteiger partial charge in [-0.2, -0.15) is 8.42 Å². The summed E-state index contributed by atoms with van der Waals surface area (Å²) in [5, 5.41) is 0. The fourth-order valence-corrected chi connectivity index (χ4v) is 3.19. The van der Waals surface area contributed by atoms with E-state index in [0.717, 1.165) is 11.8 Å². The molecule has 0 saturated carbocycles. The zero-order valence-corrected chi connectivity index (χ0v) is 16.3. The van der Waals surface area contributed by atoms with Crippen molar-refractivity contribution in [2.75, 3.05) is 6.26 Å². The van der Waals surface area contributed by atoms with Crippen LogP contribution in [0.2, 0.25) is 0 Å². The molecular formula is C18H14BrNO5S. The van der Waals surface area contributed by atoms with Gasteiger partial charge in [0, 0.05) is 15.6 Å². The number of hydrogen-bond donors (Lipinski definition) is 0. The Morgan fingerprint density at radius 2 is 1.96 bits per heavy atom. The van der Waals surface area contributed by atoms with Crippen LogP contribution in [0.25, 0.3) is 6.08 Å². The number of rotatable bonds is 4. The van der Waals surface area contributed by atoms with E-state index in [1.165, 1.54) is 12.1 Å². The molecule has 0 unspecified atom stereocenters. The Morgan fingerprint density at radius 3 is 2.65 bits per heavy atom. The average Bonchev–Trinajstić information content (AvgIpc) is 2.90. The van der Waals surface area contributed by atoms with E-state index in [-0.39, 0.29) is 17.3 Å². The van der Waals surface area contributed by atoms with Gasteiger partial charge < -0.3 is 8.92 Å². The molecule has 2 aromatic rings. The Balaban J connectivity index is 2.02. The van der Waals surface area contributed by atoms with Crippen molar-refractivity contribution in [1.82, 2.24) is 0 Å². The molecule has 1 heterocycles. The quantitative estimate of drug-likeness (QED) is 0.417. The molecule has 1 aliphatic heterocycles. The van der Waals surface area contributed by atoms with E-state index in [1.807, 2.05) is 25.1 Å². The third-order valence-corrected chi connectivity index (χ3v) is 4.37. The first-order chi connectivity index (χ1) is 12.2. The highest BCUT2D eigenvalue weighted by atomic mass is 79.9. The maximum Gasteiger partial charge on any atom is 0.363 e. The largest absolute Gasteiger partial charge is 0.402 e. The van der Waals surface area contributed by atoms with Gasteiger partial charge in [0.2, 0.25) is 5.90 Å². The fourth-order valence-electron chi connectivity index (χ4n) is 2.33. The third-order valence-electron chi connectivity index (χ3n) is 3.39. The molecule has 1 aliphatic rings. The predicted octanol–water partition coefficient (Wildman–Crippen LogP) is 3.44. The van der Waals surface area contributed by atoms with Crippen LogP contribution < -0.4 is 4.18 Å².